The van der Waals surface area contributed by atoms with E-state index >= 15 is 0 Å². The first kappa shape index (κ1) is 32.1. The molecule has 1 unspecified atom stereocenters. The number of halogens is 2. The highest BCUT2D eigenvalue weighted by Gasteiger charge is 2.40. The highest BCUT2D eigenvalue weighted by atomic mass is 35.5. The third-order valence-electron chi connectivity index (χ3n) is 6.76. The summed E-state index contributed by atoms with van der Waals surface area (Å²) in [4.78, 5) is 65.1. The molecule has 4 aromatic rings. The number of thioether (sulfide) groups is 1. The fourth-order valence-electron chi connectivity index (χ4n) is 4.58. The van der Waals surface area contributed by atoms with Crippen molar-refractivity contribution >= 4 is 76.0 Å². The maximum atomic E-state index is 14.6. The lowest BCUT2D eigenvalue weighted by atomic mass is 10.1. The van der Waals surface area contributed by atoms with E-state index in [4.69, 9.17) is 11.6 Å². The minimum absolute atomic E-state index is 0.00328. The third-order valence-corrected chi connectivity index (χ3v) is 8.29. The van der Waals surface area contributed by atoms with Gasteiger partial charge in [-0.05, 0) is 78.9 Å². The van der Waals surface area contributed by atoms with E-state index in [-0.39, 0.29) is 40.4 Å². The van der Waals surface area contributed by atoms with Gasteiger partial charge >= 0.3 is 0 Å². The smallest absolute Gasteiger partial charge is 0.272 e. The second-order valence-corrected chi connectivity index (χ2v) is 11.8. The molecule has 3 N–H and O–H groups in total. The van der Waals surface area contributed by atoms with Gasteiger partial charge in [0, 0.05) is 40.7 Å². The molecule has 232 valence electrons. The summed E-state index contributed by atoms with van der Waals surface area (Å²) < 4.78 is 14.6. The molecule has 1 heterocycles. The van der Waals surface area contributed by atoms with Crippen molar-refractivity contribution < 1.29 is 28.4 Å². The number of amides is 5. The van der Waals surface area contributed by atoms with Gasteiger partial charge in [0.25, 0.3) is 11.8 Å². The van der Waals surface area contributed by atoms with Crippen LogP contribution in [0.4, 0.5) is 21.5 Å². The molecule has 1 atom stereocenters. The van der Waals surface area contributed by atoms with Crippen molar-refractivity contribution in [3.8, 4) is 0 Å². The van der Waals surface area contributed by atoms with Crippen LogP contribution in [0.25, 0.3) is 6.08 Å². The summed E-state index contributed by atoms with van der Waals surface area (Å²) in [5.74, 6) is -2.91. The minimum atomic E-state index is -0.722. The number of carbonyl (C=O) groups excluding carboxylic acids is 5. The van der Waals surface area contributed by atoms with Crippen molar-refractivity contribution in [3.63, 3.8) is 0 Å². The van der Waals surface area contributed by atoms with Crippen molar-refractivity contribution in [2.45, 2.75) is 23.5 Å². The van der Waals surface area contributed by atoms with Gasteiger partial charge in [0.2, 0.25) is 17.7 Å². The molecule has 4 aromatic carbocycles. The van der Waals surface area contributed by atoms with Gasteiger partial charge in [-0.1, -0.05) is 35.9 Å². The quantitative estimate of drug-likeness (QED) is 0.144. The van der Waals surface area contributed by atoms with Gasteiger partial charge in [0.15, 0.2) is 0 Å². The average molecular weight is 657 g/mol. The molecule has 12 heteroatoms. The number of nitrogens with one attached hydrogen (secondary N) is 3. The molecule has 0 radical (unpaired) electrons. The van der Waals surface area contributed by atoms with Crippen LogP contribution < -0.4 is 20.9 Å². The zero-order valence-corrected chi connectivity index (χ0v) is 25.8. The lowest BCUT2D eigenvalue weighted by molar-refractivity contribution is -0.121. The molecular formula is C34H26ClFN4O5S. The van der Waals surface area contributed by atoms with Gasteiger partial charge in [-0.15, -0.1) is 11.8 Å². The van der Waals surface area contributed by atoms with Gasteiger partial charge < -0.3 is 16.0 Å². The normalized spacial score (nSPS) is 14.6. The Morgan fingerprint density at radius 3 is 2.17 bits per heavy atom. The highest BCUT2D eigenvalue weighted by molar-refractivity contribution is 8.00. The van der Waals surface area contributed by atoms with E-state index in [0.29, 0.717) is 27.5 Å². The zero-order chi connectivity index (χ0) is 32.8. The molecule has 1 aliphatic heterocycles. The van der Waals surface area contributed by atoms with E-state index in [9.17, 15) is 28.4 Å². The SMILES string of the molecule is CC(=O)Nc1ccc(N2C(=O)CC(Sc3ccc(NC(=O)/C(=C/c4c(F)cccc4Cl)NC(=O)c4ccccc4)cc3)C2=O)cc1. The van der Waals surface area contributed by atoms with Crippen LogP contribution in [-0.4, -0.2) is 34.8 Å². The Hall–Kier alpha value is -5.26. The number of imide groups is 1. The molecule has 0 bridgehead atoms. The van der Waals surface area contributed by atoms with Crippen LogP contribution in [0.15, 0.2) is 108 Å². The Labute approximate surface area is 272 Å². The number of carbonyl (C=O) groups is 5. The van der Waals surface area contributed by atoms with E-state index in [2.05, 4.69) is 16.0 Å². The topological polar surface area (TPSA) is 125 Å². The molecule has 1 saturated heterocycles. The number of anilines is 3. The first-order chi connectivity index (χ1) is 22.1. The largest absolute Gasteiger partial charge is 0.326 e. The Kier molecular flexibility index (Phi) is 9.94. The highest BCUT2D eigenvalue weighted by Crippen LogP contribution is 2.35. The van der Waals surface area contributed by atoms with E-state index in [1.807, 2.05) is 0 Å². The first-order valence-corrected chi connectivity index (χ1v) is 15.2. The molecule has 1 aliphatic rings. The van der Waals surface area contributed by atoms with Crippen molar-refractivity contribution in [2.75, 3.05) is 15.5 Å². The molecule has 5 rings (SSSR count). The zero-order valence-electron chi connectivity index (χ0n) is 24.3. The predicted octanol–water partition coefficient (Wildman–Crippen LogP) is 6.27. The number of hydrogen-bond donors (Lipinski definition) is 3. The lowest BCUT2D eigenvalue weighted by Gasteiger charge is -2.16. The van der Waals surface area contributed by atoms with Crippen LogP contribution in [0.1, 0.15) is 29.3 Å². The summed E-state index contributed by atoms with van der Waals surface area (Å²) in [7, 11) is 0. The molecular weight excluding hydrogens is 631 g/mol. The van der Waals surface area contributed by atoms with E-state index in [1.165, 1.54) is 43.0 Å². The van der Waals surface area contributed by atoms with Crippen molar-refractivity contribution in [3.05, 3.63) is 125 Å². The first-order valence-electron chi connectivity index (χ1n) is 13.9. The maximum absolute atomic E-state index is 14.6. The van der Waals surface area contributed by atoms with Gasteiger partial charge in [0.1, 0.15) is 11.5 Å². The van der Waals surface area contributed by atoms with E-state index in [0.717, 1.165) is 4.90 Å². The summed E-state index contributed by atoms with van der Waals surface area (Å²) >= 11 is 7.38. The number of benzene rings is 4. The van der Waals surface area contributed by atoms with Gasteiger partial charge in [-0.2, -0.15) is 0 Å². The third kappa shape index (κ3) is 7.68. The fraction of sp³-hybridized carbons (Fsp3) is 0.0882. The summed E-state index contributed by atoms with van der Waals surface area (Å²) in [5, 5.41) is 7.27. The maximum Gasteiger partial charge on any atom is 0.272 e. The predicted molar refractivity (Wildman–Crippen MR) is 176 cm³/mol. The number of rotatable bonds is 9. The van der Waals surface area contributed by atoms with Crippen LogP contribution in [0.5, 0.6) is 0 Å². The molecule has 0 aromatic heterocycles. The molecule has 0 spiro atoms. The lowest BCUT2D eigenvalue weighted by Crippen LogP contribution is -2.31. The molecule has 46 heavy (non-hydrogen) atoms. The monoisotopic (exact) mass is 656 g/mol. The molecule has 1 fully saturated rings. The van der Waals surface area contributed by atoms with Gasteiger partial charge in [-0.25, -0.2) is 9.29 Å². The Bertz CT molecular complexity index is 1830. The van der Waals surface area contributed by atoms with Crippen molar-refractivity contribution in [1.29, 1.82) is 0 Å². The summed E-state index contributed by atoms with van der Waals surface area (Å²) in [6.07, 6.45) is 1.17. The van der Waals surface area contributed by atoms with Crippen molar-refractivity contribution in [1.82, 2.24) is 5.32 Å². The van der Waals surface area contributed by atoms with Gasteiger partial charge in [-0.3, -0.25) is 24.0 Å². The summed E-state index contributed by atoms with van der Waals surface area (Å²) in [5.41, 5.74) is 1.31. The van der Waals surface area contributed by atoms with Gasteiger partial charge in [0.05, 0.1) is 16.0 Å². The summed E-state index contributed by atoms with van der Waals surface area (Å²) in [6.45, 7) is 1.38. The minimum Gasteiger partial charge on any atom is -0.326 e. The van der Waals surface area contributed by atoms with Crippen LogP contribution >= 0.6 is 23.4 Å². The Morgan fingerprint density at radius 2 is 1.52 bits per heavy atom. The fourth-order valence-corrected chi connectivity index (χ4v) is 5.85. The average Bonchev–Trinajstić information content (AvgIpc) is 3.31. The van der Waals surface area contributed by atoms with Crippen molar-refractivity contribution in [2.24, 2.45) is 0 Å². The molecule has 0 saturated carbocycles. The molecule has 5 amide bonds. The Morgan fingerprint density at radius 1 is 0.870 bits per heavy atom. The van der Waals surface area contributed by atoms with Crippen LogP contribution in [0.3, 0.4) is 0 Å². The summed E-state index contributed by atoms with van der Waals surface area (Å²) in [6, 6.07) is 25.3. The second-order valence-electron chi connectivity index (χ2n) is 10.1. The van der Waals surface area contributed by atoms with Crippen LogP contribution in [0, 0.1) is 5.82 Å². The van der Waals surface area contributed by atoms with E-state index in [1.54, 1.807) is 78.9 Å². The molecule has 0 aliphatic carbocycles. The molecule has 9 nitrogen and oxygen atoms in total. The number of hydrogen-bond acceptors (Lipinski definition) is 6. The van der Waals surface area contributed by atoms with E-state index < -0.39 is 22.9 Å². The number of nitrogens with zero attached hydrogens (tertiary/aromatic N) is 1. The standard InChI is InChI=1S/C34H26ClFN4O5S/c1-20(41)37-22-10-14-24(15-11-22)40-31(42)19-30(34(40)45)46-25-16-12-23(13-17-25)38-33(44)29(18-26-27(35)8-5-9-28(26)36)39-32(43)21-6-3-2-4-7-21/h2-18,30H,19H2,1H3,(H,37,41)(H,38,44)(H,39,43)/b29-18-. The van der Waals surface area contributed by atoms with Crippen LogP contribution in [-0.2, 0) is 19.2 Å². The second kappa shape index (κ2) is 14.2. The Balaban J connectivity index is 1.28. The van der Waals surface area contributed by atoms with Crippen LogP contribution in [0.2, 0.25) is 5.02 Å².